The second-order valence-electron chi connectivity index (χ2n) is 7.83. The fourth-order valence-electron chi connectivity index (χ4n) is 4.26. The average Bonchev–Trinajstić information content (AvgIpc) is 3.52. The van der Waals surface area contributed by atoms with Crippen LogP contribution in [0.2, 0.25) is 5.02 Å². The van der Waals surface area contributed by atoms with Crippen LogP contribution in [0, 0.1) is 0 Å². The molecule has 0 amide bonds. The Morgan fingerprint density at radius 3 is 2.18 bits per heavy atom. The summed E-state index contributed by atoms with van der Waals surface area (Å²) in [5, 5.41) is 12.2. The second-order valence-corrected chi connectivity index (χ2v) is 8.26. The standard InChI is InChI=1S/C25H17ClO7/c26-17-5-3-16(4-6-17)25(28)18(9-14-1-7-19-21(10-14)31-12-29-19)23(24(27)33-25)15-2-8-20-22(11-15)32-13-30-20/h1-8,10-11,28H,9,12-13H2. The van der Waals surface area contributed by atoms with Crippen LogP contribution in [0.25, 0.3) is 5.57 Å². The van der Waals surface area contributed by atoms with E-state index in [0.29, 0.717) is 44.7 Å². The number of carbonyl (C=O) groups excluding carboxylic acids is 1. The van der Waals surface area contributed by atoms with Gasteiger partial charge < -0.3 is 28.8 Å². The molecule has 1 N–H and O–H groups in total. The Morgan fingerprint density at radius 2 is 1.45 bits per heavy atom. The molecule has 3 heterocycles. The highest BCUT2D eigenvalue weighted by Crippen LogP contribution is 2.47. The van der Waals surface area contributed by atoms with Crippen molar-refractivity contribution in [2.24, 2.45) is 0 Å². The minimum atomic E-state index is -1.97. The smallest absolute Gasteiger partial charge is 0.342 e. The molecule has 0 aliphatic carbocycles. The Bertz CT molecular complexity index is 1310. The van der Waals surface area contributed by atoms with Crippen LogP contribution in [-0.2, 0) is 21.7 Å². The minimum absolute atomic E-state index is 0.112. The molecule has 3 aliphatic rings. The highest BCUT2D eigenvalue weighted by Gasteiger charge is 2.48. The van der Waals surface area contributed by atoms with Gasteiger partial charge in [0.05, 0.1) is 5.57 Å². The van der Waals surface area contributed by atoms with E-state index >= 15 is 0 Å². The van der Waals surface area contributed by atoms with Crippen LogP contribution in [-0.4, -0.2) is 24.7 Å². The molecule has 6 rings (SSSR count). The van der Waals surface area contributed by atoms with Gasteiger partial charge >= 0.3 is 5.97 Å². The van der Waals surface area contributed by atoms with Crippen molar-refractivity contribution in [3.63, 3.8) is 0 Å². The molecule has 0 radical (unpaired) electrons. The second kappa shape index (κ2) is 7.43. The third kappa shape index (κ3) is 3.28. The maximum absolute atomic E-state index is 13.1. The lowest BCUT2D eigenvalue weighted by molar-refractivity contribution is -0.185. The topological polar surface area (TPSA) is 83.5 Å². The Kier molecular flexibility index (Phi) is 4.50. The number of rotatable bonds is 4. The molecule has 0 spiro atoms. The third-order valence-corrected chi connectivity index (χ3v) is 6.12. The minimum Gasteiger partial charge on any atom is -0.454 e. The Balaban J connectivity index is 1.50. The number of halogens is 1. The van der Waals surface area contributed by atoms with Crippen molar-refractivity contribution in [1.29, 1.82) is 0 Å². The molecule has 166 valence electrons. The number of hydrogen-bond donors (Lipinski definition) is 1. The third-order valence-electron chi connectivity index (χ3n) is 5.87. The molecule has 0 saturated carbocycles. The molecule has 3 aromatic rings. The van der Waals surface area contributed by atoms with Crippen LogP contribution < -0.4 is 18.9 Å². The summed E-state index contributed by atoms with van der Waals surface area (Å²) in [4.78, 5) is 13.1. The van der Waals surface area contributed by atoms with Crippen molar-refractivity contribution in [3.8, 4) is 23.0 Å². The lowest BCUT2D eigenvalue weighted by atomic mass is 9.88. The first kappa shape index (κ1) is 20.0. The molecule has 0 saturated heterocycles. The molecule has 3 aromatic carbocycles. The normalized spacial score (nSPS) is 20.4. The Morgan fingerprint density at radius 1 is 0.818 bits per heavy atom. The predicted octanol–water partition coefficient (Wildman–Crippen LogP) is 4.20. The van der Waals surface area contributed by atoms with Crippen LogP contribution in [0.5, 0.6) is 23.0 Å². The van der Waals surface area contributed by atoms with Crippen molar-refractivity contribution in [2.75, 3.05) is 13.6 Å². The summed E-state index contributed by atoms with van der Waals surface area (Å²) in [6.45, 7) is 0.265. The lowest BCUT2D eigenvalue weighted by Gasteiger charge is -2.25. The highest BCUT2D eigenvalue weighted by atomic mass is 35.5. The van der Waals surface area contributed by atoms with Crippen molar-refractivity contribution >= 4 is 23.1 Å². The summed E-state index contributed by atoms with van der Waals surface area (Å²) in [6.07, 6.45) is 0.227. The van der Waals surface area contributed by atoms with Crippen LogP contribution in [0.4, 0.5) is 0 Å². The van der Waals surface area contributed by atoms with Crippen LogP contribution in [0.1, 0.15) is 16.7 Å². The number of cyclic esters (lactones) is 1. The molecule has 7 nitrogen and oxygen atoms in total. The number of carbonyl (C=O) groups is 1. The van der Waals surface area contributed by atoms with Gasteiger partial charge in [-0.15, -0.1) is 0 Å². The van der Waals surface area contributed by atoms with E-state index in [-0.39, 0.29) is 25.6 Å². The van der Waals surface area contributed by atoms with E-state index in [1.54, 1.807) is 48.5 Å². The zero-order valence-corrected chi connectivity index (χ0v) is 17.9. The summed E-state index contributed by atoms with van der Waals surface area (Å²) < 4.78 is 27.4. The lowest BCUT2D eigenvalue weighted by Crippen LogP contribution is -2.29. The van der Waals surface area contributed by atoms with Crippen molar-refractivity contribution < 1.29 is 33.6 Å². The molecular formula is C25H17ClO7. The van der Waals surface area contributed by atoms with E-state index in [2.05, 4.69) is 0 Å². The van der Waals surface area contributed by atoms with E-state index in [4.69, 9.17) is 35.3 Å². The average molecular weight is 465 g/mol. The van der Waals surface area contributed by atoms with Gasteiger partial charge in [-0.05, 0) is 47.5 Å². The van der Waals surface area contributed by atoms with E-state index in [9.17, 15) is 9.90 Å². The Hall–Kier alpha value is -3.68. The quantitative estimate of drug-likeness (QED) is 0.579. The Labute approximate surface area is 193 Å². The molecule has 1 unspecified atom stereocenters. The van der Waals surface area contributed by atoms with Gasteiger partial charge in [-0.25, -0.2) is 4.79 Å². The van der Waals surface area contributed by atoms with Crippen molar-refractivity contribution in [3.05, 3.63) is 87.9 Å². The van der Waals surface area contributed by atoms with Gasteiger partial charge in [0.2, 0.25) is 13.6 Å². The molecule has 0 aromatic heterocycles. The van der Waals surface area contributed by atoms with Gasteiger partial charge in [-0.2, -0.15) is 0 Å². The highest BCUT2D eigenvalue weighted by molar-refractivity contribution is 6.30. The van der Waals surface area contributed by atoms with E-state index in [1.165, 1.54) is 0 Å². The van der Waals surface area contributed by atoms with E-state index < -0.39 is 11.8 Å². The summed E-state index contributed by atoms with van der Waals surface area (Å²) in [5.41, 5.74) is 2.44. The molecular weight excluding hydrogens is 448 g/mol. The number of benzene rings is 3. The maximum Gasteiger partial charge on any atom is 0.342 e. The van der Waals surface area contributed by atoms with Crippen LogP contribution in [0.15, 0.2) is 66.2 Å². The summed E-state index contributed by atoms with van der Waals surface area (Å²) in [6, 6.07) is 17.2. The number of ether oxygens (including phenoxy) is 5. The van der Waals surface area contributed by atoms with Crippen LogP contribution in [0.3, 0.4) is 0 Å². The largest absolute Gasteiger partial charge is 0.454 e. The van der Waals surface area contributed by atoms with Gasteiger partial charge in [-0.1, -0.05) is 35.9 Å². The molecule has 33 heavy (non-hydrogen) atoms. The van der Waals surface area contributed by atoms with E-state index in [1.807, 2.05) is 12.1 Å². The fourth-order valence-corrected chi connectivity index (χ4v) is 4.38. The number of aliphatic hydroxyl groups is 1. The van der Waals surface area contributed by atoms with Crippen molar-refractivity contribution in [2.45, 2.75) is 12.2 Å². The van der Waals surface area contributed by atoms with E-state index in [0.717, 1.165) is 5.56 Å². The van der Waals surface area contributed by atoms with Crippen molar-refractivity contribution in [1.82, 2.24) is 0 Å². The number of hydrogen-bond acceptors (Lipinski definition) is 7. The number of esters is 1. The molecule has 1 atom stereocenters. The number of fused-ring (bicyclic) bond motifs is 2. The molecule has 3 aliphatic heterocycles. The molecule has 8 heteroatoms. The first-order chi connectivity index (χ1) is 16.0. The summed E-state index contributed by atoms with van der Waals surface area (Å²) >= 11 is 6.04. The first-order valence-corrected chi connectivity index (χ1v) is 10.6. The molecule has 0 bridgehead atoms. The van der Waals surface area contributed by atoms with Gasteiger partial charge in [0.1, 0.15) is 0 Å². The summed E-state index contributed by atoms with van der Waals surface area (Å²) in [5.74, 6) is -0.229. The van der Waals surface area contributed by atoms with Gasteiger partial charge in [-0.3, -0.25) is 0 Å². The zero-order chi connectivity index (χ0) is 22.6. The van der Waals surface area contributed by atoms with Gasteiger partial charge in [0.25, 0.3) is 5.79 Å². The maximum atomic E-state index is 13.1. The molecule has 0 fully saturated rings. The first-order valence-electron chi connectivity index (χ1n) is 10.3. The SMILES string of the molecule is O=C1OC(O)(c2ccc(Cl)cc2)C(Cc2ccc3c(c2)OCO3)=C1c1ccc2c(c1)OCO2. The monoisotopic (exact) mass is 464 g/mol. The van der Waals surface area contributed by atoms with Crippen LogP contribution >= 0.6 is 11.6 Å². The summed E-state index contributed by atoms with van der Waals surface area (Å²) in [7, 11) is 0. The predicted molar refractivity (Wildman–Crippen MR) is 117 cm³/mol. The van der Waals surface area contributed by atoms with Gasteiger partial charge in [0, 0.05) is 22.6 Å². The fraction of sp³-hybridized carbons (Fsp3) is 0.160. The zero-order valence-electron chi connectivity index (χ0n) is 17.2. The van der Waals surface area contributed by atoms with Gasteiger partial charge in [0.15, 0.2) is 23.0 Å².